The van der Waals surface area contributed by atoms with Crippen LogP contribution in [0.5, 0.6) is 6.01 Å². The Morgan fingerprint density at radius 1 is 1.06 bits per heavy atom. The lowest BCUT2D eigenvalue weighted by molar-refractivity contribution is -0.139. The zero-order valence-corrected chi connectivity index (χ0v) is 19.0. The van der Waals surface area contributed by atoms with Gasteiger partial charge in [0.05, 0.1) is 29.7 Å². The van der Waals surface area contributed by atoms with Crippen LogP contribution in [-0.4, -0.2) is 45.6 Å². The number of nitrogens with two attached hydrogens (primary N) is 1. The predicted molar refractivity (Wildman–Crippen MR) is 123 cm³/mol. The first-order valence-electron chi connectivity index (χ1n) is 11.4. The van der Waals surface area contributed by atoms with Crippen LogP contribution in [0.15, 0.2) is 36.7 Å². The average Bonchev–Trinajstić information content (AvgIpc) is 3.34. The highest BCUT2D eigenvalue weighted by Crippen LogP contribution is 2.54. The van der Waals surface area contributed by atoms with Gasteiger partial charge in [-0.3, -0.25) is 0 Å². The summed E-state index contributed by atoms with van der Waals surface area (Å²) in [5.74, 6) is 0. The van der Waals surface area contributed by atoms with Crippen LogP contribution in [0.2, 0.25) is 0 Å². The molecule has 10 heteroatoms. The lowest BCUT2D eigenvalue weighted by Crippen LogP contribution is -2.35. The second kappa shape index (κ2) is 8.48. The van der Waals surface area contributed by atoms with Crippen molar-refractivity contribution in [1.29, 1.82) is 0 Å². The average molecular weight is 473 g/mol. The lowest BCUT2D eigenvalue weighted by atomic mass is 9.93. The summed E-state index contributed by atoms with van der Waals surface area (Å²) in [6.07, 6.45) is 3.25. The topological polar surface area (TPSA) is 82.1 Å². The molecule has 0 radical (unpaired) electrons. The molecule has 2 aliphatic rings. The summed E-state index contributed by atoms with van der Waals surface area (Å²) in [5, 5.41) is 4.54. The largest absolute Gasteiger partial charge is 0.463 e. The number of benzene rings is 1. The Kier molecular flexibility index (Phi) is 5.61. The zero-order chi connectivity index (χ0) is 23.9. The number of aromatic nitrogens is 4. The summed E-state index contributed by atoms with van der Waals surface area (Å²) in [6, 6.07) is 7.47. The molecule has 0 amide bonds. The van der Waals surface area contributed by atoms with E-state index in [1.54, 1.807) is 23.9 Å². The molecule has 2 N–H and O–H groups in total. The summed E-state index contributed by atoms with van der Waals surface area (Å²) >= 11 is 0. The van der Waals surface area contributed by atoms with Crippen molar-refractivity contribution in [2.75, 3.05) is 30.3 Å². The number of ether oxygens (including phenoxy) is 1. The minimum atomic E-state index is -4.29. The van der Waals surface area contributed by atoms with Crippen molar-refractivity contribution in [3.8, 4) is 23.0 Å². The van der Waals surface area contributed by atoms with Crippen LogP contribution in [0.4, 0.5) is 24.5 Å². The molecule has 1 aliphatic heterocycles. The van der Waals surface area contributed by atoms with Gasteiger partial charge >= 0.3 is 12.2 Å². The number of alkyl halides is 3. The van der Waals surface area contributed by atoms with Gasteiger partial charge in [-0.25, -0.2) is 9.67 Å². The molecular formula is C24H27F3N6O. The van der Waals surface area contributed by atoms with Crippen LogP contribution >= 0.6 is 0 Å². The van der Waals surface area contributed by atoms with Gasteiger partial charge in [-0.15, -0.1) is 0 Å². The molecule has 7 nitrogen and oxygen atoms in total. The number of hydrogen-bond acceptors (Lipinski definition) is 6. The van der Waals surface area contributed by atoms with Gasteiger partial charge in [-0.05, 0) is 62.3 Å². The Balaban J connectivity index is 1.38. The number of hydrogen-bond donors (Lipinski definition) is 1. The minimum absolute atomic E-state index is 0.0810. The van der Waals surface area contributed by atoms with Gasteiger partial charge in [0, 0.05) is 36.2 Å². The molecule has 2 fully saturated rings. The van der Waals surface area contributed by atoms with E-state index < -0.39 is 19.2 Å². The Labute approximate surface area is 195 Å². The predicted octanol–water partition coefficient (Wildman–Crippen LogP) is 4.93. The summed E-state index contributed by atoms with van der Waals surface area (Å²) in [4.78, 5) is 10.8. The fraction of sp³-hybridized carbons (Fsp3) is 0.458. The first kappa shape index (κ1) is 22.5. The lowest BCUT2D eigenvalue weighted by Gasteiger charge is -2.35. The van der Waals surface area contributed by atoms with Crippen molar-refractivity contribution in [3.63, 3.8) is 0 Å². The molecule has 1 aliphatic carbocycles. The number of rotatable bonds is 6. The smallest absolute Gasteiger partial charge is 0.392 e. The van der Waals surface area contributed by atoms with Crippen LogP contribution in [0.25, 0.3) is 16.9 Å². The second-order valence-electron chi connectivity index (χ2n) is 9.30. The molecule has 3 heterocycles. The van der Waals surface area contributed by atoms with E-state index >= 15 is 0 Å². The third-order valence-corrected chi connectivity index (χ3v) is 6.70. The molecule has 2 aromatic heterocycles. The van der Waals surface area contributed by atoms with E-state index in [1.165, 1.54) is 25.7 Å². The van der Waals surface area contributed by atoms with Crippen LogP contribution in [0.1, 0.15) is 37.8 Å². The van der Waals surface area contributed by atoms with E-state index in [0.717, 1.165) is 24.5 Å². The van der Waals surface area contributed by atoms with Crippen LogP contribution in [0, 0.1) is 12.3 Å². The van der Waals surface area contributed by atoms with Crippen molar-refractivity contribution in [1.82, 2.24) is 19.7 Å². The van der Waals surface area contributed by atoms with E-state index in [2.05, 4.69) is 20.0 Å². The maximum absolute atomic E-state index is 12.4. The SMILES string of the molecule is Cc1cc(-c2cnn(-c3ccc(N)cc3N3CCC4(CC3)CC4)c2)nc(OCCC(F)(F)F)n1. The zero-order valence-electron chi connectivity index (χ0n) is 19.0. The molecule has 1 saturated carbocycles. The molecule has 1 spiro atoms. The van der Waals surface area contributed by atoms with Gasteiger partial charge in [-0.1, -0.05) is 0 Å². The van der Waals surface area contributed by atoms with E-state index in [0.29, 0.717) is 28.1 Å². The van der Waals surface area contributed by atoms with Crippen LogP contribution in [0.3, 0.4) is 0 Å². The third-order valence-electron chi connectivity index (χ3n) is 6.70. The van der Waals surface area contributed by atoms with Crippen molar-refractivity contribution in [2.45, 2.75) is 45.2 Å². The number of nitrogens with zero attached hydrogens (tertiary/aromatic N) is 5. The summed E-state index contributed by atoms with van der Waals surface area (Å²) in [5.41, 5.74) is 11.2. The van der Waals surface area contributed by atoms with Gasteiger partial charge in [0.25, 0.3) is 0 Å². The van der Waals surface area contributed by atoms with Crippen molar-refractivity contribution in [2.24, 2.45) is 5.41 Å². The Morgan fingerprint density at radius 3 is 2.53 bits per heavy atom. The van der Waals surface area contributed by atoms with Gasteiger partial charge in [0.1, 0.15) is 6.61 Å². The Hall–Kier alpha value is -3.30. The highest BCUT2D eigenvalue weighted by atomic mass is 19.4. The molecular weight excluding hydrogens is 445 g/mol. The summed E-state index contributed by atoms with van der Waals surface area (Å²) < 4.78 is 44.3. The van der Waals surface area contributed by atoms with E-state index in [-0.39, 0.29) is 6.01 Å². The summed E-state index contributed by atoms with van der Waals surface area (Å²) in [6.45, 7) is 3.20. The first-order valence-corrected chi connectivity index (χ1v) is 11.4. The van der Waals surface area contributed by atoms with Crippen LogP contribution < -0.4 is 15.4 Å². The van der Waals surface area contributed by atoms with E-state index in [4.69, 9.17) is 10.5 Å². The highest BCUT2D eigenvalue weighted by molar-refractivity contribution is 5.69. The summed E-state index contributed by atoms with van der Waals surface area (Å²) in [7, 11) is 0. The van der Waals surface area contributed by atoms with Crippen molar-refractivity contribution < 1.29 is 17.9 Å². The number of anilines is 2. The maximum Gasteiger partial charge on any atom is 0.392 e. The van der Waals surface area contributed by atoms with Gasteiger partial charge in [0.15, 0.2) is 0 Å². The Bertz CT molecular complexity index is 1180. The minimum Gasteiger partial charge on any atom is -0.463 e. The Morgan fingerprint density at radius 2 is 1.82 bits per heavy atom. The fourth-order valence-corrected chi connectivity index (χ4v) is 4.48. The molecule has 180 valence electrons. The van der Waals surface area contributed by atoms with Gasteiger partial charge in [-0.2, -0.15) is 23.3 Å². The second-order valence-corrected chi connectivity index (χ2v) is 9.30. The number of halogens is 3. The fourth-order valence-electron chi connectivity index (χ4n) is 4.48. The highest BCUT2D eigenvalue weighted by Gasteiger charge is 2.44. The monoisotopic (exact) mass is 472 g/mol. The third kappa shape index (κ3) is 4.95. The standard InChI is InChI=1S/C24H27F3N6O/c1-16-12-19(31-22(30-16)34-11-8-24(25,26)27)17-14-29-33(15-17)20-3-2-18(28)13-21(20)32-9-6-23(4-5-23)7-10-32/h2-3,12-15H,4-11,28H2,1H3. The molecule has 0 atom stereocenters. The number of piperidine rings is 1. The molecule has 1 aromatic carbocycles. The van der Waals surface area contributed by atoms with E-state index in [9.17, 15) is 13.2 Å². The van der Waals surface area contributed by atoms with Gasteiger partial charge < -0.3 is 15.4 Å². The maximum atomic E-state index is 12.4. The quantitative estimate of drug-likeness (QED) is 0.512. The van der Waals surface area contributed by atoms with Crippen molar-refractivity contribution in [3.05, 3.63) is 42.4 Å². The molecule has 5 rings (SSSR count). The number of nitrogen functional groups attached to an aromatic ring is 1. The molecule has 3 aromatic rings. The molecule has 34 heavy (non-hydrogen) atoms. The number of aryl methyl sites for hydroxylation is 1. The normalized spacial score (nSPS) is 17.2. The first-order chi connectivity index (χ1) is 16.2. The molecule has 0 bridgehead atoms. The van der Waals surface area contributed by atoms with Crippen molar-refractivity contribution >= 4 is 11.4 Å². The van der Waals surface area contributed by atoms with Gasteiger partial charge in [0.2, 0.25) is 0 Å². The molecule has 0 unspecified atom stereocenters. The molecule has 1 saturated heterocycles. The van der Waals surface area contributed by atoms with E-state index in [1.807, 2.05) is 24.4 Å². The van der Waals surface area contributed by atoms with Crippen LogP contribution in [-0.2, 0) is 0 Å².